The van der Waals surface area contributed by atoms with E-state index in [4.69, 9.17) is 9.84 Å². The average Bonchev–Trinajstić information content (AvgIpc) is 3.06. The summed E-state index contributed by atoms with van der Waals surface area (Å²) in [4.78, 5) is 23.5. The lowest BCUT2D eigenvalue weighted by Crippen LogP contribution is -2.68. The number of hydrogen-bond acceptors (Lipinski definition) is 3. The maximum Gasteiger partial charge on any atom is 0.315 e. The molecular formula is C20H28N2O4. The third-order valence-electron chi connectivity index (χ3n) is 5.75. The van der Waals surface area contributed by atoms with E-state index in [0.29, 0.717) is 18.8 Å². The highest BCUT2D eigenvalue weighted by Crippen LogP contribution is 2.52. The van der Waals surface area contributed by atoms with Gasteiger partial charge in [-0.2, -0.15) is 0 Å². The van der Waals surface area contributed by atoms with Crippen LogP contribution in [0.5, 0.6) is 0 Å². The molecule has 6 heteroatoms. The predicted molar refractivity (Wildman–Crippen MR) is 97.9 cm³/mol. The minimum atomic E-state index is -0.851. The van der Waals surface area contributed by atoms with Crippen molar-refractivity contribution in [1.29, 1.82) is 0 Å². The molecule has 6 nitrogen and oxygen atoms in total. The number of nitrogens with one attached hydrogen (secondary N) is 2. The molecule has 0 aromatic heterocycles. The van der Waals surface area contributed by atoms with Gasteiger partial charge in [0.05, 0.1) is 6.10 Å². The summed E-state index contributed by atoms with van der Waals surface area (Å²) in [5.41, 5.74) is 1.01. The number of urea groups is 1. The van der Waals surface area contributed by atoms with Crippen LogP contribution in [0.4, 0.5) is 4.79 Å². The molecule has 1 aliphatic heterocycles. The van der Waals surface area contributed by atoms with Gasteiger partial charge in [0.1, 0.15) is 0 Å². The van der Waals surface area contributed by atoms with E-state index < -0.39 is 5.97 Å². The number of benzene rings is 1. The van der Waals surface area contributed by atoms with Crippen molar-refractivity contribution in [2.24, 2.45) is 11.3 Å². The van der Waals surface area contributed by atoms with E-state index in [2.05, 4.69) is 24.5 Å². The maximum absolute atomic E-state index is 12.6. The second-order valence-electron chi connectivity index (χ2n) is 7.98. The van der Waals surface area contributed by atoms with Crippen molar-refractivity contribution in [2.45, 2.75) is 57.7 Å². The molecule has 1 aliphatic carbocycles. The number of hydrogen-bond donors (Lipinski definition) is 3. The number of carbonyl (C=O) groups excluding carboxylic acids is 1. The molecule has 2 aliphatic rings. The molecule has 0 bridgehead atoms. The normalized spacial score (nSPS) is 27.1. The van der Waals surface area contributed by atoms with Gasteiger partial charge in [0.15, 0.2) is 0 Å². The van der Waals surface area contributed by atoms with E-state index in [-0.39, 0.29) is 36.1 Å². The van der Waals surface area contributed by atoms with E-state index in [1.165, 1.54) is 0 Å². The Kier molecular flexibility index (Phi) is 5.51. The molecule has 142 valence electrons. The van der Waals surface area contributed by atoms with E-state index >= 15 is 0 Å². The van der Waals surface area contributed by atoms with Crippen LogP contribution in [-0.4, -0.2) is 41.9 Å². The van der Waals surface area contributed by atoms with E-state index in [0.717, 1.165) is 18.6 Å². The molecule has 0 spiro atoms. The smallest absolute Gasteiger partial charge is 0.315 e. The Morgan fingerprint density at radius 3 is 2.73 bits per heavy atom. The number of rotatable bonds is 7. The molecule has 0 radical (unpaired) electrons. The van der Waals surface area contributed by atoms with E-state index in [9.17, 15) is 9.59 Å². The molecule has 1 aromatic rings. The van der Waals surface area contributed by atoms with Crippen LogP contribution in [0.25, 0.3) is 0 Å². The van der Waals surface area contributed by atoms with Crippen LogP contribution in [0.1, 0.15) is 38.7 Å². The van der Waals surface area contributed by atoms with Gasteiger partial charge in [-0.25, -0.2) is 4.79 Å². The topological polar surface area (TPSA) is 87.7 Å². The largest absolute Gasteiger partial charge is 0.481 e. The van der Waals surface area contributed by atoms with Crippen LogP contribution in [0, 0.1) is 11.3 Å². The highest BCUT2D eigenvalue weighted by Gasteiger charge is 2.59. The van der Waals surface area contributed by atoms with Crippen molar-refractivity contribution in [3.8, 4) is 0 Å². The van der Waals surface area contributed by atoms with Crippen LogP contribution in [0.15, 0.2) is 30.3 Å². The number of aliphatic carboxylic acids is 1. The maximum atomic E-state index is 12.6. The van der Waals surface area contributed by atoms with Gasteiger partial charge in [0, 0.05) is 36.4 Å². The highest BCUT2D eigenvalue weighted by molar-refractivity contribution is 5.75. The molecular weight excluding hydrogens is 332 g/mol. The summed E-state index contributed by atoms with van der Waals surface area (Å²) < 4.78 is 5.77. The zero-order chi connectivity index (χ0) is 18.7. The summed E-state index contributed by atoms with van der Waals surface area (Å²) >= 11 is 0. The van der Waals surface area contributed by atoms with Crippen LogP contribution in [-0.2, 0) is 16.0 Å². The molecule has 1 saturated heterocycles. The van der Waals surface area contributed by atoms with Crippen molar-refractivity contribution in [3.63, 3.8) is 0 Å². The number of carbonyl (C=O) groups is 2. The lowest BCUT2D eigenvalue weighted by atomic mass is 9.57. The van der Waals surface area contributed by atoms with Crippen molar-refractivity contribution >= 4 is 12.0 Å². The fourth-order valence-corrected chi connectivity index (χ4v) is 4.41. The first-order valence-corrected chi connectivity index (χ1v) is 9.32. The summed E-state index contributed by atoms with van der Waals surface area (Å²) in [5.74, 6) is -0.473. The Bertz CT molecular complexity index is 646. The van der Waals surface area contributed by atoms with Crippen LogP contribution >= 0.6 is 0 Å². The van der Waals surface area contributed by atoms with Crippen LogP contribution in [0.3, 0.4) is 0 Å². The Morgan fingerprint density at radius 1 is 1.31 bits per heavy atom. The second kappa shape index (κ2) is 7.66. The summed E-state index contributed by atoms with van der Waals surface area (Å²) in [7, 11) is 0. The number of amides is 2. The van der Waals surface area contributed by atoms with E-state index in [1.54, 1.807) is 0 Å². The van der Waals surface area contributed by atoms with Crippen molar-refractivity contribution in [2.75, 3.05) is 6.61 Å². The number of carboxylic acids is 1. The fraction of sp³-hybridized carbons (Fsp3) is 0.600. The zero-order valence-electron chi connectivity index (χ0n) is 15.4. The Balaban J connectivity index is 1.58. The second-order valence-corrected chi connectivity index (χ2v) is 7.98. The van der Waals surface area contributed by atoms with E-state index in [1.807, 2.05) is 30.3 Å². The first-order chi connectivity index (χ1) is 12.4. The monoisotopic (exact) mass is 360 g/mol. The van der Waals surface area contributed by atoms with Crippen molar-refractivity contribution < 1.29 is 19.4 Å². The molecule has 4 unspecified atom stereocenters. The molecule has 2 fully saturated rings. The Labute approximate surface area is 154 Å². The molecule has 26 heavy (non-hydrogen) atoms. The minimum Gasteiger partial charge on any atom is -0.481 e. The SMILES string of the molecule is CC1(C)C(NC(=O)NC(CCC(=O)O)Cc2ccccc2)C2CCOC21. The van der Waals surface area contributed by atoms with Gasteiger partial charge >= 0.3 is 12.0 Å². The predicted octanol–water partition coefficient (Wildman–Crippen LogP) is 2.58. The summed E-state index contributed by atoms with van der Waals surface area (Å²) in [6, 6.07) is 9.46. The van der Waals surface area contributed by atoms with Gasteiger partial charge in [-0.3, -0.25) is 4.79 Å². The number of fused-ring (bicyclic) bond motifs is 1. The summed E-state index contributed by atoms with van der Waals surface area (Å²) in [6.07, 6.45) is 2.25. The zero-order valence-corrected chi connectivity index (χ0v) is 15.4. The van der Waals surface area contributed by atoms with Gasteiger partial charge in [-0.05, 0) is 24.8 Å². The molecule has 2 amide bonds. The standard InChI is InChI=1S/C20H28N2O4/c1-20(2)17(15-10-11-26-18(15)20)22-19(25)21-14(8-9-16(23)24)12-13-6-4-3-5-7-13/h3-7,14-15,17-18H,8-12H2,1-2H3,(H,23,24)(H2,21,22,25). The van der Waals surface area contributed by atoms with Crippen molar-refractivity contribution in [1.82, 2.24) is 10.6 Å². The van der Waals surface area contributed by atoms with Crippen molar-refractivity contribution in [3.05, 3.63) is 35.9 Å². The van der Waals surface area contributed by atoms with Gasteiger partial charge in [0.2, 0.25) is 0 Å². The Hall–Kier alpha value is -2.08. The fourth-order valence-electron chi connectivity index (χ4n) is 4.41. The highest BCUT2D eigenvalue weighted by atomic mass is 16.5. The van der Waals surface area contributed by atoms with Crippen LogP contribution in [0.2, 0.25) is 0 Å². The van der Waals surface area contributed by atoms with Gasteiger partial charge in [-0.1, -0.05) is 44.2 Å². The minimum absolute atomic E-state index is 0.0330. The summed E-state index contributed by atoms with van der Waals surface area (Å²) in [6.45, 7) is 5.00. The molecule has 3 rings (SSSR count). The van der Waals surface area contributed by atoms with Gasteiger partial charge in [0.25, 0.3) is 0 Å². The Morgan fingerprint density at radius 2 is 2.04 bits per heavy atom. The molecule has 1 heterocycles. The lowest BCUT2D eigenvalue weighted by molar-refractivity contribution is -0.137. The number of carboxylic acid groups (broad SMARTS) is 1. The summed E-state index contributed by atoms with van der Waals surface area (Å²) in [5, 5.41) is 15.1. The molecule has 1 aromatic carbocycles. The lowest BCUT2D eigenvalue weighted by Gasteiger charge is -2.54. The molecule has 1 saturated carbocycles. The quantitative estimate of drug-likeness (QED) is 0.697. The molecule has 4 atom stereocenters. The van der Waals surface area contributed by atoms with Gasteiger partial charge < -0.3 is 20.5 Å². The van der Waals surface area contributed by atoms with Crippen LogP contribution < -0.4 is 10.6 Å². The van der Waals surface area contributed by atoms with Gasteiger partial charge in [-0.15, -0.1) is 0 Å². The third-order valence-corrected chi connectivity index (χ3v) is 5.75. The third kappa shape index (κ3) is 4.01. The first kappa shape index (κ1) is 18.7. The average molecular weight is 360 g/mol. The number of ether oxygens (including phenoxy) is 1. The molecule has 3 N–H and O–H groups in total. The first-order valence-electron chi connectivity index (χ1n) is 9.32.